The molecule has 0 atom stereocenters. The van der Waals surface area contributed by atoms with E-state index in [4.69, 9.17) is 16.1 Å². The summed E-state index contributed by atoms with van der Waals surface area (Å²) in [5.74, 6) is 0.966. The van der Waals surface area contributed by atoms with E-state index in [9.17, 15) is 8.42 Å². The van der Waals surface area contributed by atoms with Crippen molar-refractivity contribution in [2.75, 3.05) is 24.4 Å². The molecule has 9 heteroatoms. The van der Waals surface area contributed by atoms with Crippen LogP contribution in [0.25, 0.3) is 21.8 Å². The Morgan fingerprint density at radius 2 is 1.69 bits per heavy atom. The van der Waals surface area contributed by atoms with E-state index in [0.29, 0.717) is 22.6 Å². The molecule has 0 bridgehead atoms. The summed E-state index contributed by atoms with van der Waals surface area (Å²) in [6.45, 7) is 6.87. The van der Waals surface area contributed by atoms with E-state index in [0.717, 1.165) is 71.2 Å². The highest BCUT2D eigenvalue weighted by Gasteiger charge is 2.23. The Hall–Kier alpha value is -4.21. The minimum Gasteiger partial charge on any atom is -0.384 e. The number of hydrogen-bond donors (Lipinski definition) is 3. The number of imidazole rings is 1. The monoisotopic (exact) mass is 582 g/mol. The molecule has 0 spiro atoms. The Morgan fingerprint density at radius 1 is 0.952 bits per heavy atom. The number of amidine groups is 1. The highest BCUT2D eigenvalue weighted by atomic mass is 32.2. The van der Waals surface area contributed by atoms with Gasteiger partial charge in [-0.15, -0.1) is 0 Å². The van der Waals surface area contributed by atoms with Crippen LogP contribution in [0.1, 0.15) is 36.4 Å². The first-order valence-corrected chi connectivity index (χ1v) is 15.8. The van der Waals surface area contributed by atoms with Crippen LogP contribution in [-0.2, 0) is 36.3 Å². The third-order valence-electron chi connectivity index (χ3n) is 7.95. The second-order valence-corrected chi connectivity index (χ2v) is 12.2. The fourth-order valence-electron chi connectivity index (χ4n) is 5.47. The number of nitrogens with two attached hydrogens (primary N) is 1. The second-order valence-electron chi connectivity index (χ2n) is 10.6. The SMILES string of the molecule is CCN(CC)CCc1ccc2ccccc2c1S(=O)(=O)Nc1ccc2c(c1)nc(CCc1ccc(C(=N)N)cc1)n2C. The lowest BCUT2D eigenvalue weighted by Crippen LogP contribution is -2.26. The molecule has 4 N–H and O–H groups in total. The quantitative estimate of drug-likeness (QED) is 0.133. The number of nitrogen functional groups attached to an aromatic ring is 1. The first kappa shape index (κ1) is 29.3. The van der Waals surface area contributed by atoms with E-state index in [2.05, 4.69) is 23.5 Å². The average molecular weight is 583 g/mol. The fourth-order valence-corrected chi connectivity index (χ4v) is 7.00. The molecule has 0 aliphatic heterocycles. The number of benzene rings is 4. The van der Waals surface area contributed by atoms with Gasteiger partial charge in [-0.3, -0.25) is 10.1 Å². The number of fused-ring (bicyclic) bond motifs is 2. The normalized spacial score (nSPS) is 11.9. The minimum atomic E-state index is -3.89. The molecule has 4 aromatic carbocycles. The third kappa shape index (κ3) is 6.17. The molecule has 0 unspecified atom stereocenters. The molecular weight excluding hydrogens is 544 g/mol. The number of aryl methyl sites for hydroxylation is 3. The Kier molecular flexibility index (Phi) is 8.61. The summed E-state index contributed by atoms with van der Waals surface area (Å²) in [5, 5.41) is 9.18. The van der Waals surface area contributed by atoms with Crippen molar-refractivity contribution < 1.29 is 8.42 Å². The smallest absolute Gasteiger partial charge is 0.262 e. The van der Waals surface area contributed by atoms with Gasteiger partial charge in [0.25, 0.3) is 10.0 Å². The van der Waals surface area contributed by atoms with E-state index < -0.39 is 10.0 Å². The summed E-state index contributed by atoms with van der Waals surface area (Å²) >= 11 is 0. The largest absolute Gasteiger partial charge is 0.384 e. The van der Waals surface area contributed by atoms with Gasteiger partial charge in [0.2, 0.25) is 0 Å². The lowest BCUT2D eigenvalue weighted by molar-refractivity contribution is 0.307. The number of sulfonamides is 1. The van der Waals surface area contributed by atoms with Gasteiger partial charge in [0.15, 0.2) is 0 Å². The van der Waals surface area contributed by atoms with Gasteiger partial charge in [-0.05, 0) is 60.6 Å². The van der Waals surface area contributed by atoms with Gasteiger partial charge in [-0.25, -0.2) is 13.4 Å². The summed E-state index contributed by atoms with van der Waals surface area (Å²) in [4.78, 5) is 7.48. The molecule has 0 saturated heterocycles. The first-order valence-electron chi connectivity index (χ1n) is 14.3. The molecule has 42 heavy (non-hydrogen) atoms. The van der Waals surface area contributed by atoms with Crippen LogP contribution in [-0.4, -0.2) is 48.3 Å². The van der Waals surface area contributed by atoms with Crippen molar-refractivity contribution >= 4 is 43.4 Å². The molecule has 5 rings (SSSR count). The molecule has 218 valence electrons. The maximum atomic E-state index is 14.0. The molecule has 0 saturated carbocycles. The van der Waals surface area contributed by atoms with Crippen LogP contribution in [0.5, 0.6) is 0 Å². The van der Waals surface area contributed by atoms with Crippen LogP contribution >= 0.6 is 0 Å². The van der Waals surface area contributed by atoms with E-state index in [1.54, 1.807) is 12.1 Å². The average Bonchev–Trinajstić information content (AvgIpc) is 3.30. The van der Waals surface area contributed by atoms with Crippen LogP contribution in [0.4, 0.5) is 5.69 Å². The Bertz CT molecular complexity index is 1840. The lowest BCUT2D eigenvalue weighted by atomic mass is 10.0. The van der Waals surface area contributed by atoms with Gasteiger partial charge in [-0.1, -0.05) is 74.5 Å². The standard InChI is InChI=1S/C33H38N6O2S/c1-4-39(5-2)21-20-25-16-15-24-8-6-7-9-28(24)32(25)42(40,41)37-27-17-18-30-29(22-27)36-31(38(30)3)19-12-23-10-13-26(14-11-23)33(34)35/h6-11,13-18,22,37H,4-5,12,19-21H2,1-3H3,(H3,34,35). The Balaban J connectivity index is 1.41. The summed E-state index contributed by atoms with van der Waals surface area (Å²) in [6.07, 6.45) is 2.15. The van der Waals surface area contributed by atoms with E-state index >= 15 is 0 Å². The molecular formula is C33H38N6O2S. The third-order valence-corrected chi connectivity index (χ3v) is 9.47. The number of nitrogens with one attached hydrogen (secondary N) is 2. The van der Waals surface area contributed by atoms with Crippen molar-refractivity contribution in [2.24, 2.45) is 12.8 Å². The van der Waals surface area contributed by atoms with Crippen LogP contribution in [0.2, 0.25) is 0 Å². The van der Waals surface area contributed by atoms with Crippen molar-refractivity contribution in [3.05, 3.63) is 101 Å². The van der Waals surface area contributed by atoms with Crippen LogP contribution < -0.4 is 10.5 Å². The number of likely N-dealkylation sites (N-methyl/N-ethyl adjacent to an activating group) is 1. The topological polar surface area (TPSA) is 117 Å². The van der Waals surface area contributed by atoms with Crippen molar-refractivity contribution in [3.8, 4) is 0 Å². The summed E-state index contributed by atoms with van der Waals surface area (Å²) in [5.41, 5.74) is 10.4. The molecule has 1 aromatic heterocycles. The van der Waals surface area contributed by atoms with Gasteiger partial charge < -0.3 is 15.2 Å². The maximum Gasteiger partial charge on any atom is 0.262 e. The molecule has 0 amide bonds. The number of nitrogens with zero attached hydrogens (tertiary/aromatic N) is 3. The lowest BCUT2D eigenvalue weighted by Gasteiger charge is -2.20. The van der Waals surface area contributed by atoms with Gasteiger partial charge in [0.1, 0.15) is 11.7 Å². The molecule has 0 fully saturated rings. The van der Waals surface area contributed by atoms with E-state index in [1.165, 1.54) is 0 Å². The first-order chi connectivity index (χ1) is 20.2. The van der Waals surface area contributed by atoms with Crippen LogP contribution in [0.3, 0.4) is 0 Å². The summed E-state index contributed by atoms with van der Waals surface area (Å²) < 4.78 is 32.9. The highest BCUT2D eigenvalue weighted by molar-refractivity contribution is 7.93. The van der Waals surface area contributed by atoms with Gasteiger partial charge in [-0.2, -0.15) is 0 Å². The zero-order chi connectivity index (χ0) is 29.9. The molecule has 1 heterocycles. The Labute approximate surface area is 247 Å². The summed E-state index contributed by atoms with van der Waals surface area (Å²) in [7, 11) is -1.91. The zero-order valence-electron chi connectivity index (χ0n) is 24.4. The van der Waals surface area contributed by atoms with Crippen molar-refractivity contribution in [3.63, 3.8) is 0 Å². The Morgan fingerprint density at radius 3 is 2.40 bits per heavy atom. The van der Waals surface area contributed by atoms with Crippen LogP contribution in [0, 0.1) is 5.41 Å². The number of hydrogen-bond acceptors (Lipinski definition) is 5. The minimum absolute atomic E-state index is 0.0552. The number of anilines is 1. The predicted molar refractivity (Wildman–Crippen MR) is 172 cm³/mol. The zero-order valence-corrected chi connectivity index (χ0v) is 25.2. The number of aromatic nitrogens is 2. The van der Waals surface area contributed by atoms with E-state index in [1.807, 2.05) is 78.3 Å². The van der Waals surface area contributed by atoms with E-state index in [-0.39, 0.29) is 5.84 Å². The molecule has 0 aliphatic rings. The summed E-state index contributed by atoms with van der Waals surface area (Å²) in [6, 6.07) is 24.8. The highest BCUT2D eigenvalue weighted by Crippen LogP contribution is 2.30. The molecule has 5 aromatic rings. The van der Waals surface area contributed by atoms with Gasteiger partial charge >= 0.3 is 0 Å². The fraction of sp³-hybridized carbons (Fsp3) is 0.273. The van der Waals surface area contributed by atoms with Crippen molar-refractivity contribution in [1.29, 1.82) is 5.41 Å². The predicted octanol–water partition coefficient (Wildman–Crippen LogP) is 5.48. The van der Waals surface area contributed by atoms with Crippen molar-refractivity contribution in [1.82, 2.24) is 14.5 Å². The van der Waals surface area contributed by atoms with Gasteiger partial charge in [0, 0.05) is 31.0 Å². The van der Waals surface area contributed by atoms with Gasteiger partial charge in [0.05, 0.1) is 21.6 Å². The molecule has 0 aliphatic carbocycles. The molecule has 0 radical (unpaired) electrons. The van der Waals surface area contributed by atoms with Crippen molar-refractivity contribution in [2.45, 2.75) is 38.0 Å². The maximum absolute atomic E-state index is 14.0. The molecule has 8 nitrogen and oxygen atoms in total. The van der Waals surface area contributed by atoms with Crippen LogP contribution in [0.15, 0.2) is 83.8 Å². The second kappa shape index (κ2) is 12.3. The number of rotatable bonds is 12.